The Morgan fingerprint density at radius 1 is 0.722 bits per heavy atom. The second kappa shape index (κ2) is 16.7. The first-order valence-electron chi connectivity index (χ1n) is 10.7. The van der Waals surface area contributed by atoms with Crippen molar-refractivity contribution < 1.29 is 10.3 Å². The molecule has 0 aliphatic carbocycles. The molecule has 0 aliphatic rings. The van der Waals surface area contributed by atoms with Crippen LogP contribution in [0.1, 0.15) is 36.8 Å². The van der Waals surface area contributed by atoms with Crippen molar-refractivity contribution >= 4 is 46.8 Å². The van der Waals surface area contributed by atoms with Crippen molar-refractivity contribution in [3.8, 4) is 0 Å². The third kappa shape index (κ3) is 13.7. The molecule has 0 spiro atoms. The number of unbranched alkanes of at least 4 members (excludes halogenated alkanes) is 3. The lowest BCUT2D eigenvalue weighted by Crippen LogP contribution is -2.20. The summed E-state index contributed by atoms with van der Waals surface area (Å²) in [7, 11) is 0. The molecule has 14 heteroatoms. The van der Waals surface area contributed by atoms with E-state index >= 15 is 0 Å². The van der Waals surface area contributed by atoms with E-state index in [-0.39, 0.29) is 11.9 Å². The SMILES string of the molecule is NC(=NCCCCCCN=C(N)/N=C(\N)c1ccc(Cl)cc1)/N=C(\N)c1ccc(Cl)cc1.O=[N+]([O-])O. The van der Waals surface area contributed by atoms with Crippen molar-refractivity contribution in [3.05, 3.63) is 79.8 Å². The summed E-state index contributed by atoms with van der Waals surface area (Å²) in [5, 5.41) is 14.9. The average Bonchev–Trinajstić information content (AvgIpc) is 2.81. The highest BCUT2D eigenvalue weighted by Gasteiger charge is 2.01. The van der Waals surface area contributed by atoms with Crippen LogP contribution in [0.4, 0.5) is 0 Å². The van der Waals surface area contributed by atoms with Gasteiger partial charge in [0.05, 0.1) is 0 Å². The van der Waals surface area contributed by atoms with Gasteiger partial charge in [0.2, 0.25) is 11.9 Å². The first-order chi connectivity index (χ1) is 17.1. The Kier molecular flexibility index (Phi) is 14.0. The molecule has 2 rings (SSSR count). The Morgan fingerprint density at radius 2 is 1.03 bits per heavy atom. The van der Waals surface area contributed by atoms with Gasteiger partial charge < -0.3 is 28.1 Å². The van der Waals surface area contributed by atoms with Crippen LogP contribution in [0.2, 0.25) is 10.0 Å². The number of benzene rings is 2. The number of rotatable bonds is 9. The van der Waals surface area contributed by atoms with Gasteiger partial charge >= 0.3 is 0 Å². The number of aliphatic imine (C=N–C) groups is 4. The number of amidine groups is 2. The standard InChI is InChI=1S/C22H28Cl2N8.HNO3/c23-17-9-5-15(6-10-17)19(25)31-21(27)29-13-3-1-2-4-14-30-22(28)32-20(26)16-7-11-18(24)12-8-16;2-1(3)4/h5-12H,1-4,13-14H2,(H4,25,27,29,31)(H4,26,28,30,32);(H,2,3,4). The summed E-state index contributed by atoms with van der Waals surface area (Å²) in [5.41, 5.74) is 25.0. The van der Waals surface area contributed by atoms with Crippen LogP contribution in [0.3, 0.4) is 0 Å². The van der Waals surface area contributed by atoms with E-state index in [0.717, 1.165) is 36.8 Å². The first kappa shape index (κ1) is 30.1. The van der Waals surface area contributed by atoms with Gasteiger partial charge in [0.1, 0.15) is 11.7 Å². The number of nitrogens with zero attached hydrogens (tertiary/aromatic N) is 5. The van der Waals surface area contributed by atoms with E-state index in [9.17, 15) is 0 Å². The number of halogens is 2. The van der Waals surface area contributed by atoms with Gasteiger partial charge in [-0.2, -0.15) is 9.98 Å². The molecule has 0 bridgehead atoms. The number of hydrogen-bond acceptors (Lipinski definition) is 4. The van der Waals surface area contributed by atoms with Gasteiger partial charge in [-0.3, -0.25) is 9.98 Å². The van der Waals surface area contributed by atoms with E-state index in [4.69, 9.17) is 61.5 Å². The van der Waals surface area contributed by atoms with Crippen LogP contribution in [-0.2, 0) is 0 Å². The highest BCUT2D eigenvalue weighted by atomic mass is 35.5. The zero-order valence-corrected chi connectivity index (χ0v) is 20.9. The number of guanidine groups is 2. The van der Waals surface area contributed by atoms with E-state index < -0.39 is 5.09 Å². The number of nitrogens with two attached hydrogens (primary N) is 4. The Bertz CT molecular complexity index is 1000. The quantitative estimate of drug-likeness (QED) is 0.106. The molecule has 194 valence electrons. The average molecular weight is 538 g/mol. The predicted molar refractivity (Wildman–Crippen MR) is 145 cm³/mol. The fraction of sp³-hybridized carbons (Fsp3) is 0.273. The maximum absolute atomic E-state index is 8.36. The molecule has 2 aromatic carbocycles. The molecule has 0 unspecified atom stereocenters. The van der Waals surface area contributed by atoms with E-state index in [1.165, 1.54) is 0 Å². The van der Waals surface area contributed by atoms with Crippen LogP contribution in [0.25, 0.3) is 0 Å². The van der Waals surface area contributed by atoms with Gasteiger partial charge in [0, 0.05) is 34.3 Å². The van der Waals surface area contributed by atoms with E-state index in [1.807, 2.05) is 0 Å². The van der Waals surface area contributed by atoms with Crippen molar-refractivity contribution in [2.45, 2.75) is 25.7 Å². The van der Waals surface area contributed by atoms with Crippen molar-refractivity contribution in [2.75, 3.05) is 13.1 Å². The van der Waals surface area contributed by atoms with Gasteiger partial charge in [-0.1, -0.05) is 36.0 Å². The molecule has 0 saturated heterocycles. The second-order valence-electron chi connectivity index (χ2n) is 7.14. The minimum Gasteiger partial charge on any atom is -0.383 e. The normalized spacial score (nSPS) is 12.6. The molecule has 0 aromatic heterocycles. The fourth-order valence-electron chi connectivity index (χ4n) is 2.65. The Morgan fingerprint density at radius 3 is 1.33 bits per heavy atom. The van der Waals surface area contributed by atoms with Gasteiger partial charge in [-0.15, -0.1) is 10.1 Å². The minimum absolute atomic E-state index is 0.158. The van der Waals surface area contributed by atoms with Crippen molar-refractivity contribution in [1.82, 2.24) is 0 Å². The molecule has 9 N–H and O–H groups in total. The topological polar surface area (TPSA) is 217 Å². The van der Waals surface area contributed by atoms with E-state index in [0.29, 0.717) is 34.8 Å². The third-order valence-electron chi connectivity index (χ3n) is 4.36. The molecule has 0 aliphatic heterocycles. The Hall–Kier alpha value is -3.90. The highest BCUT2D eigenvalue weighted by Crippen LogP contribution is 2.10. The number of hydrogen-bond donors (Lipinski definition) is 5. The summed E-state index contributed by atoms with van der Waals surface area (Å²) in [5.74, 6) is 0.923. The first-order valence-corrected chi connectivity index (χ1v) is 11.5. The Labute approximate surface area is 218 Å². The lowest BCUT2D eigenvalue weighted by atomic mass is 10.2. The van der Waals surface area contributed by atoms with Crippen LogP contribution >= 0.6 is 23.2 Å². The molecule has 0 amide bonds. The third-order valence-corrected chi connectivity index (χ3v) is 4.87. The summed E-state index contributed by atoms with van der Waals surface area (Å²) in [6.45, 7) is 1.16. The molecule has 0 saturated carbocycles. The van der Waals surface area contributed by atoms with Gasteiger partial charge in [-0.25, -0.2) is 0 Å². The Balaban J connectivity index is 0.00000150. The molecule has 12 nitrogen and oxygen atoms in total. The van der Waals surface area contributed by atoms with Gasteiger partial charge in [0.25, 0.3) is 5.09 Å². The molecular weight excluding hydrogens is 509 g/mol. The molecule has 36 heavy (non-hydrogen) atoms. The zero-order valence-electron chi connectivity index (χ0n) is 19.4. The molecule has 0 fully saturated rings. The van der Waals surface area contributed by atoms with E-state index in [2.05, 4.69) is 20.0 Å². The fourth-order valence-corrected chi connectivity index (χ4v) is 2.90. The summed E-state index contributed by atoms with van der Waals surface area (Å²) < 4.78 is 0. The van der Waals surface area contributed by atoms with Crippen LogP contribution in [0.5, 0.6) is 0 Å². The van der Waals surface area contributed by atoms with Crippen molar-refractivity contribution in [3.63, 3.8) is 0 Å². The van der Waals surface area contributed by atoms with Gasteiger partial charge in [-0.05, 0) is 61.4 Å². The summed E-state index contributed by atoms with van der Waals surface area (Å²) in [6.07, 6.45) is 3.74. The van der Waals surface area contributed by atoms with Crippen molar-refractivity contribution in [2.24, 2.45) is 42.9 Å². The van der Waals surface area contributed by atoms with Crippen molar-refractivity contribution in [1.29, 1.82) is 0 Å². The summed E-state index contributed by atoms with van der Waals surface area (Å²) >= 11 is 11.7. The predicted octanol–water partition coefficient (Wildman–Crippen LogP) is 2.95. The molecule has 2 aromatic rings. The van der Waals surface area contributed by atoms with Crippen LogP contribution in [0.15, 0.2) is 68.5 Å². The van der Waals surface area contributed by atoms with Crippen LogP contribution < -0.4 is 22.9 Å². The summed E-state index contributed by atoms with van der Waals surface area (Å²) in [4.78, 5) is 25.1. The zero-order chi connectivity index (χ0) is 26.9. The minimum atomic E-state index is -1.50. The molecule has 0 radical (unpaired) electrons. The highest BCUT2D eigenvalue weighted by molar-refractivity contribution is 6.31. The molecular formula is C22H29Cl2N9O3. The maximum atomic E-state index is 8.36. The molecule has 0 atom stereocenters. The van der Waals surface area contributed by atoms with Crippen LogP contribution in [0, 0.1) is 10.1 Å². The maximum Gasteiger partial charge on any atom is 0.291 e. The van der Waals surface area contributed by atoms with Crippen LogP contribution in [-0.4, -0.2) is 47.0 Å². The largest absolute Gasteiger partial charge is 0.383 e. The summed E-state index contributed by atoms with van der Waals surface area (Å²) in [6, 6.07) is 14.1. The van der Waals surface area contributed by atoms with Gasteiger partial charge in [0.15, 0.2) is 0 Å². The molecule has 0 heterocycles. The second-order valence-corrected chi connectivity index (χ2v) is 8.01. The lowest BCUT2D eigenvalue weighted by molar-refractivity contribution is -0.742. The van der Waals surface area contributed by atoms with E-state index in [1.54, 1.807) is 48.5 Å². The monoisotopic (exact) mass is 537 g/mol. The smallest absolute Gasteiger partial charge is 0.291 e. The lowest BCUT2D eigenvalue weighted by Gasteiger charge is -2.02.